The zero-order chi connectivity index (χ0) is 14.0. The normalized spacial score (nSPS) is 12.2. The molecule has 2 aromatic rings. The molecule has 0 bridgehead atoms. The molecule has 4 heteroatoms. The first kappa shape index (κ1) is 13.2. The van der Waals surface area contributed by atoms with Gasteiger partial charge in [0.05, 0.1) is 4.92 Å². The van der Waals surface area contributed by atoms with Gasteiger partial charge in [-0.3, -0.25) is 10.1 Å². The van der Waals surface area contributed by atoms with E-state index in [2.05, 4.69) is 0 Å². The van der Waals surface area contributed by atoms with E-state index in [1.54, 1.807) is 12.1 Å². The standard InChI is InChI=1S/C15H15NO3/c1-10-3-4-13(9-11(10)2)15(17)12-5-7-14(8-6-12)16(18)19/h3-9,15,17H,1-2H3/t15-/m0/s1. The lowest BCUT2D eigenvalue weighted by Crippen LogP contribution is -2.00. The van der Waals surface area contributed by atoms with Crippen molar-refractivity contribution in [3.05, 3.63) is 74.8 Å². The van der Waals surface area contributed by atoms with Gasteiger partial charge in [0.2, 0.25) is 0 Å². The minimum absolute atomic E-state index is 0.0241. The minimum atomic E-state index is -0.764. The first-order valence-electron chi connectivity index (χ1n) is 5.98. The molecule has 19 heavy (non-hydrogen) atoms. The highest BCUT2D eigenvalue weighted by Gasteiger charge is 2.13. The Hall–Kier alpha value is -2.20. The molecule has 0 aliphatic heterocycles. The third-order valence-electron chi connectivity index (χ3n) is 3.27. The zero-order valence-corrected chi connectivity index (χ0v) is 10.8. The summed E-state index contributed by atoms with van der Waals surface area (Å²) >= 11 is 0. The van der Waals surface area contributed by atoms with Crippen molar-refractivity contribution in [3.63, 3.8) is 0 Å². The van der Waals surface area contributed by atoms with Gasteiger partial charge < -0.3 is 5.11 Å². The van der Waals surface area contributed by atoms with E-state index < -0.39 is 11.0 Å². The largest absolute Gasteiger partial charge is 0.384 e. The average molecular weight is 257 g/mol. The fourth-order valence-electron chi connectivity index (χ4n) is 1.91. The van der Waals surface area contributed by atoms with E-state index in [0.29, 0.717) is 5.56 Å². The lowest BCUT2D eigenvalue weighted by atomic mass is 9.98. The van der Waals surface area contributed by atoms with Crippen molar-refractivity contribution < 1.29 is 10.0 Å². The topological polar surface area (TPSA) is 63.4 Å². The number of nitrogens with zero attached hydrogens (tertiary/aromatic N) is 1. The van der Waals surface area contributed by atoms with Crippen LogP contribution >= 0.6 is 0 Å². The number of aryl methyl sites for hydroxylation is 2. The Balaban J connectivity index is 2.30. The molecule has 1 atom stereocenters. The fourth-order valence-corrected chi connectivity index (χ4v) is 1.91. The summed E-state index contributed by atoms with van der Waals surface area (Å²) in [6.07, 6.45) is -0.764. The Morgan fingerprint density at radius 2 is 1.58 bits per heavy atom. The van der Waals surface area contributed by atoms with Crippen LogP contribution in [0.4, 0.5) is 5.69 Å². The van der Waals surface area contributed by atoms with Gasteiger partial charge >= 0.3 is 0 Å². The van der Waals surface area contributed by atoms with Crippen molar-refractivity contribution in [2.75, 3.05) is 0 Å². The van der Waals surface area contributed by atoms with E-state index in [1.807, 2.05) is 32.0 Å². The maximum Gasteiger partial charge on any atom is 0.269 e. The van der Waals surface area contributed by atoms with E-state index in [0.717, 1.165) is 11.1 Å². The predicted octanol–water partition coefficient (Wildman–Crippen LogP) is 3.29. The Labute approximate surface area is 111 Å². The van der Waals surface area contributed by atoms with Crippen molar-refractivity contribution in [1.29, 1.82) is 0 Å². The van der Waals surface area contributed by atoms with Crippen molar-refractivity contribution in [2.45, 2.75) is 20.0 Å². The van der Waals surface area contributed by atoms with Gasteiger partial charge in [-0.15, -0.1) is 0 Å². The van der Waals surface area contributed by atoms with Crippen LogP contribution < -0.4 is 0 Å². The van der Waals surface area contributed by atoms with Gasteiger partial charge in [0.1, 0.15) is 6.10 Å². The highest BCUT2D eigenvalue weighted by atomic mass is 16.6. The monoisotopic (exact) mass is 257 g/mol. The van der Waals surface area contributed by atoms with Gasteiger partial charge in [-0.05, 0) is 48.2 Å². The molecule has 0 spiro atoms. The first-order chi connectivity index (χ1) is 8.99. The van der Waals surface area contributed by atoms with Crippen LogP contribution in [-0.4, -0.2) is 10.0 Å². The third-order valence-corrected chi connectivity index (χ3v) is 3.27. The van der Waals surface area contributed by atoms with Crippen LogP contribution in [0.25, 0.3) is 0 Å². The van der Waals surface area contributed by atoms with E-state index >= 15 is 0 Å². The summed E-state index contributed by atoms with van der Waals surface area (Å²) in [6.45, 7) is 4.00. The van der Waals surface area contributed by atoms with Crippen LogP contribution in [0, 0.1) is 24.0 Å². The van der Waals surface area contributed by atoms with Gasteiger partial charge in [-0.25, -0.2) is 0 Å². The van der Waals surface area contributed by atoms with Crippen molar-refractivity contribution in [2.24, 2.45) is 0 Å². The molecule has 0 amide bonds. The predicted molar refractivity (Wildman–Crippen MR) is 73.1 cm³/mol. The molecule has 0 heterocycles. The number of benzene rings is 2. The highest BCUT2D eigenvalue weighted by molar-refractivity contribution is 5.39. The number of non-ortho nitro benzene ring substituents is 1. The third kappa shape index (κ3) is 2.80. The molecule has 0 aliphatic rings. The van der Waals surface area contributed by atoms with Crippen LogP contribution in [0.15, 0.2) is 42.5 Å². The highest BCUT2D eigenvalue weighted by Crippen LogP contribution is 2.25. The molecule has 0 aromatic heterocycles. The molecule has 0 radical (unpaired) electrons. The maximum atomic E-state index is 10.6. The van der Waals surface area contributed by atoms with Gasteiger partial charge in [0.15, 0.2) is 0 Å². The molecule has 2 rings (SSSR count). The van der Waals surface area contributed by atoms with Gasteiger partial charge in [0.25, 0.3) is 5.69 Å². The van der Waals surface area contributed by atoms with Crippen LogP contribution in [0.5, 0.6) is 0 Å². The average Bonchev–Trinajstić information content (AvgIpc) is 2.41. The number of hydrogen-bond acceptors (Lipinski definition) is 3. The summed E-state index contributed by atoms with van der Waals surface area (Å²) in [5.41, 5.74) is 3.74. The molecule has 1 N–H and O–H groups in total. The maximum absolute atomic E-state index is 10.6. The van der Waals surface area contributed by atoms with E-state index in [1.165, 1.54) is 17.7 Å². The quantitative estimate of drug-likeness (QED) is 0.677. The lowest BCUT2D eigenvalue weighted by Gasteiger charge is -2.13. The number of aliphatic hydroxyl groups excluding tert-OH is 1. The van der Waals surface area contributed by atoms with E-state index in [-0.39, 0.29) is 5.69 Å². The van der Waals surface area contributed by atoms with Crippen LogP contribution in [-0.2, 0) is 0 Å². The second-order valence-corrected chi connectivity index (χ2v) is 4.59. The van der Waals surface area contributed by atoms with Crippen LogP contribution in [0.3, 0.4) is 0 Å². The summed E-state index contributed by atoms with van der Waals surface area (Å²) < 4.78 is 0. The molecule has 0 aliphatic carbocycles. The van der Waals surface area contributed by atoms with Crippen molar-refractivity contribution in [1.82, 2.24) is 0 Å². The minimum Gasteiger partial charge on any atom is -0.384 e. The molecule has 0 saturated heterocycles. The SMILES string of the molecule is Cc1ccc([C@@H](O)c2ccc([N+](=O)[O-])cc2)cc1C. The molecule has 98 valence electrons. The Morgan fingerprint density at radius 3 is 2.11 bits per heavy atom. The number of rotatable bonds is 3. The summed E-state index contributed by atoms with van der Waals surface area (Å²) in [5.74, 6) is 0. The molecule has 2 aromatic carbocycles. The van der Waals surface area contributed by atoms with E-state index in [4.69, 9.17) is 0 Å². The fraction of sp³-hybridized carbons (Fsp3) is 0.200. The zero-order valence-electron chi connectivity index (χ0n) is 10.8. The first-order valence-corrected chi connectivity index (χ1v) is 5.98. The molecule has 0 unspecified atom stereocenters. The summed E-state index contributed by atoms with van der Waals surface area (Å²) in [4.78, 5) is 10.1. The number of aliphatic hydroxyl groups is 1. The Morgan fingerprint density at radius 1 is 1.00 bits per heavy atom. The summed E-state index contributed by atoms with van der Waals surface area (Å²) in [5, 5.41) is 20.8. The van der Waals surface area contributed by atoms with Crippen molar-refractivity contribution >= 4 is 5.69 Å². The second kappa shape index (κ2) is 5.20. The van der Waals surface area contributed by atoms with Crippen molar-refractivity contribution in [3.8, 4) is 0 Å². The summed E-state index contributed by atoms with van der Waals surface area (Å²) in [6, 6.07) is 11.7. The number of nitro groups is 1. The number of hydrogen-bond donors (Lipinski definition) is 1. The van der Waals surface area contributed by atoms with Crippen LogP contribution in [0.2, 0.25) is 0 Å². The number of nitro benzene ring substituents is 1. The van der Waals surface area contributed by atoms with Gasteiger partial charge in [0, 0.05) is 12.1 Å². The van der Waals surface area contributed by atoms with Crippen LogP contribution in [0.1, 0.15) is 28.4 Å². The molecule has 0 saturated carbocycles. The molecular weight excluding hydrogens is 242 g/mol. The van der Waals surface area contributed by atoms with Gasteiger partial charge in [-0.1, -0.05) is 18.2 Å². The molecular formula is C15H15NO3. The summed E-state index contributed by atoms with van der Waals surface area (Å²) in [7, 11) is 0. The Bertz CT molecular complexity index is 605. The Kier molecular flexibility index (Phi) is 3.62. The van der Waals surface area contributed by atoms with E-state index in [9.17, 15) is 15.2 Å². The van der Waals surface area contributed by atoms with Gasteiger partial charge in [-0.2, -0.15) is 0 Å². The second-order valence-electron chi connectivity index (χ2n) is 4.59. The molecule has 4 nitrogen and oxygen atoms in total. The smallest absolute Gasteiger partial charge is 0.269 e. The molecule has 0 fully saturated rings. The lowest BCUT2D eigenvalue weighted by molar-refractivity contribution is -0.384.